The third-order valence-electron chi connectivity index (χ3n) is 4.09. The van der Waals surface area contributed by atoms with Crippen LogP contribution in [0.4, 0.5) is 5.69 Å². The van der Waals surface area contributed by atoms with E-state index in [0.717, 1.165) is 0 Å². The minimum absolute atomic E-state index is 0.0107. The van der Waals surface area contributed by atoms with Crippen LogP contribution >= 0.6 is 0 Å². The van der Waals surface area contributed by atoms with Crippen molar-refractivity contribution in [3.8, 4) is 0 Å². The van der Waals surface area contributed by atoms with Crippen LogP contribution in [0.3, 0.4) is 0 Å². The van der Waals surface area contributed by atoms with E-state index in [0.29, 0.717) is 18.0 Å². The third kappa shape index (κ3) is 4.65. The van der Waals surface area contributed by atoms with Crippen molar-refractivity contribution in [2.24, 2.45) is 5.92 Å². The molecule has 0 saturated heterocycles. The van der Waals surface area contributed by atoms with E-state index < -0.39 is 4.92 Å². The Bertz CT molecular complexity index is 699. The molecule has 0 aromatic heterocycles. The van der Waals surface area contributed by atoms with Crippen molar-refractivity contribution in [3.63, 3.8) is 0 Å². The van der Waals surface area contributed by atoms with Gasteiger partial charge in [0.2, 0.25) is 5.91 Å². The molecule has 5 heteroatoms. The molecule has 0 heterocycles. The zero-order valence-electron chi connectivity index (χ0n) is 13.9. The lowest BCUT2D eigenvalue weighted by Crippen LogP contribution is -2.31. The van der Waals surface area contributed by atoms with E-state index in [9.17, 15) is 14.9 Å². The van der Waals surface area contributed by atoms with E-state index in [1.165, 1.54) is 11.6 Å². The predicted octanol–water partition coefficient (Wildman–Crippen LogP) is 3.69. The van der Waals surface area contributed by atoms with Crippen molar-refractivity contribution in [1.29, 1.82) is 0 Å². The lowest BCUT2D eigenvalue weighted by Gasteiger charge is -2.22. The van der Waals surface area contributed by atoms with Crippen LogP contribution in [0.25, 0.3) is 0 Å². The van der Waals surface area contributed by atoms with Crippen LogP contribution in [-0.2, 0) is 11.2 Å². The van der Waals surface area contributed by atoms with Crippen LogP contribution in [0.2, 0.25) is 0 Å². The smallest absolute Gasteiger partial charge is 0.273 e. The fourth-order valence-corrected chi connectivity index (χ4v) is 2.74. The number of nitrogens with one attached hydrogen (secondary N) is 1. The molecule has 1 N–H and O–H groups in total. The van der Waals surface area contributed by atoms with Crippen molar-refractivity contribution in [2.45, 2.75) is 26.2 Å². The van der Waals surface area contributed by atoms with Gasteiger partial charge in [0.15, 0.2) is 0 Å². The maximum absolute atomic E-state index is 12.2. The summed E-state index contributed by atoms with van der Waals surface area (Å²) in [6, 6.07) is 16.4. The molecule has 0 saturated carbocycles. The highest BCUT2D eigenvalue weighted by molar-refractivity contribution is 5.79. The first-order valence-electron chi connectivity index (χ1n) is 8.03. The summed E-state index contributed by atoms with van der Waals surface area (Å²) in [7, 11) is 0. The van der Waals surface area contributed by atoms with Crippen molar-refractivity contribution in [2.75, 3.05) is 6.54 Å². The third-order valence-corrected chi connectivity index (χ3v) is 4.09. The second-order valence-electron chi connectivity index (χ2n) is 6.13. The summed E-state index contributed by atoms with van der Waals surface area (Å²) in [5.74, 6) is 0.380. The van der Waals surface area contributed by atoms with Gasteiger partial charge in [-0.05, 0) is 11.5 Å². The quantitative estimate of drug-likeness (QED) is 0.623. The number of hydrogen-bond donors (Lipinski definition) is 1. The van der Waals surface area contributed by atoms with Gasteiger partial charge in [-0.25, -0.2) is 0 Å². The Balaban J connectivity index is 2.01. The van der Waals surface area contributed by atoms with Gasteiger partial charge in [-0.15, -0.1) is 0 Å². The van der Waals surface area contributed by atoms with Crippen LogP contribution in [0, 0.1) is 16.0 Å². The molecule has 1 atom stereocenters. The number of nitrogens with zero attached hydrogens (tertiary/aromatic N) is 1. The number of hydrogen-bond acceptors (Lipinski definition) is 3. The first-order valence-corrected chi connectivity index (χ1v) is 8.03. The second-order valence-corrected chi connectivity index (χ2v) is 6.13. The number of carbonyl (C=O) groups is 1. The predicted molar refractivity (Wildman–Crippen MR) is 93.8 cm³/mol. The molecule has 126 valence electrons. The molecule has 0 aliphatic rings. The van der Waals surface area contributed by atoms with Crippen molar-refractivity contribution < 1.29 is 9.72 Å². The first kappa shape index (κ1) is 17.7. The first-order chi connectivity index (χ1) is 11.5. The van der Waals surface area contributed by atoms with E-state index in [2.05, 4.69) is 31.3 Å². The Labute approximate surface area is 141 Å². The van der Waals surface area contributed by atoms with Crippen LogP contribution in [0.5, 0.6) is 0 Å². The number of amides is 1. The summed E-state index contributed by atoms with van der Waals surface area (Å²) in [6.07, 6.45) is 0.0107. The van der Waals surface area contributed by atoms with E-state index in [1.54, 1.807) is 18.2 Å². The summed E-state index contributed by atoms with van der Waals surface area (Å²) in [5, 5.41) is 13.9. The van der Waals surface area contributed by atoms with Gasteiger partial charge in [-0.2, -0.15) is 0 Å². The average Bonchev–Trinajstić information content (AvgIpc) is 2.56. The Morgan fingerprint density at radius 1 is 1.08 bits per heavy atom. The fraction of sp³-hybridized carbons (Fsp3) is 0.316. The Morgan fingerprint density at radius 2 is 1.71 bits per heavy atom. The molecule has 2 aromatic carbocycles. The zero-order valence-corrected chi connectivity index (χ0v) is 13.9. The number of carbonyl (C=O) groups excluding carboxylic acids is 1. The number of benzene rings is 2. The van der Waals surface area contributed by atoms with Crippen LogP contribution in [-0.4, -0.2) is 17.4 Å². The van der Waals surface area contributed by atoms with Gasteiger partial charge in [0.1, 0.15) is 0 Å². The van der Waals surface area contributed by atoms with E-state index in [-0.39, 0.29) is 23.9 Å². The number of rotatable bonds is 7. The standard InChI is InChI=1S/C19H22N2O3/c1-14(2)17(15-8-4-3-5-9-15)13-20-19(22)12-16-10-6-7-11-18(16)21(23)24/h3-11,14,17H,12-13H2,1-2H3,(H,20,22). The summed E-state index contributed by atoms with van der Waals surface area (Å²) >= 11 is 0. The van der Waals surface area contributed by atoms with Gasteiger partial charge in [-0.3, -0.25) is 14.9 Å². The summed E-state index contributed by atoms with van der Waals surface area (Å²) in [6.45, 7) is 4.75. The largest absolute Gasteiger partial charge is 0.355 e. The molecule has 24 heavy (non-hydrogen) atoms. The molecular formula is C19H22N2O3. The summed E-state index contributed by atoms with van der Waals surface area (Å²) in [4.78, 5) is 22.8. The molecular weight excluding hydrogens is 304 g/mol. The molecule has 0 spiro atoms. The Hall–Kier alpha value is -2.69. The van der Waals surface area contributed by atoms with E-state index in [1.807, 2.05) is 18.2 Å². The summed E-state index contributed by atoms with van der Waals surface area (Å²) < 4.78 is 0. The molecule has 2 rings (SSSR count). The maximum Gasteiger partial charge on any atom is 0.273 e. The van der Waals surface area contributed by atoms with Crippen molar-refractivity contribution in [3.05, 3.63) is 75.8 Å². The van der Waals surface area contributed by atoms with E-state index in [4.69, 9.17) is 0 Å². The topological polar surface area (TPSA) is 72.2 Å². The maximum atomic E-state index is 12.2. The molecule has 0 aliphatic carbocycles. The highest BCUT2D eigenvalue weighted by Gasteiger charge is 2.19. The minimum atomic E-state index is -0.455. The average molecular weight is 326 g/mol. The Morgan fingerprint density at radius 3 is 2.33 bits per heavy atom. The SMILES string of the molecule is CC(C)C(CNC(=O)Cc1ccccc1[N+](=O)[O-])c1ccccc1. The molecule has 1 amide bonds. The van der Waals surface area contributed by atoms with Gasteiger partial charge in [0, 0.05) is 24.1 Å². The number of para-hydroxylation sites is 1. The van der Waals surface area contributed by atoms with Gasteiger partial charge < -0.3 is 5.32 Å². The van der Waals surface area contributed by atoms with Crippen LogP contribution in [0.1, 0.15) is 30.9 Å². The lowest BCUT2D eigenvalue weighted by atomic mass is 9.88. The van der Waals surface area contributed by atoms with Crippen LogP contribution < -0.4 is 5.32 Å². The second kappa shape index (κ2) is 8.24. The normalized spacial score (nSPS) is 12.0. The zero-order chi connectivity index (χ0) is 17.5. The monoisotopic (exact) mass is 326 g/mol. The highest BCUT2D eigenvalue weighted by Crippen LogP contribution is 2.23. The van der Waals surface area contributed by atoms with Gasteiger partial charge >= 0.3 is 0 Å². The fourth-order valence-electron chi connectivity index (χ4n) is 2.74. The molecule has 1 unspecified atom stereocenters. The molecule has 5 nitrogen and oxygen atoms in total. The van der Waals surface area contributed by atoms with E-state index >= 15 is 0 Å². The van der Waals surface area contributed by atoms with Gasteiger partial charge in [0.05, 0.1) is 11.3 Å². The molecule has 0 aliphatic heterocycles. The minimum Gasteiger partial charge on any atom is -0.355 e. The molecule has 2 aromatic rings. The molecule has 0 bridgehead atoms. The van der Waals surface area contributed by atoms with Crippen molar-refractivity contribution >= 4 is 11.6 Å². The Kier molecular flexibility index (Phi) is 6.07. The molecule has 0 radical (unpaired) electrons. The van der Waals surface area contributed by atoms with Gasteiger partial charge in [-0.1, -0.05) is 62.4 Å². The number of nitro benzene ring substituents is 1. The summed E-state index contributed by atoms with van der Waals surface area (Å²) in [5.41, 5.74) is 1.59. The molecule has 0 fully saturated rings. The lowest BCUT2D eigenvalue weighted by molar-refractivity contribution is -0.385. The number of nitro groups is 1. The van der Waals surface area contributed by atoms with Crippen LogP contribution in [0.15, 0.2) is 54.6 Å². The van der Waals surface area contributed by atoms with Crippen molar-refractivity contribution in [1.82, 2.24) is 5.32 Å². The van der Waals surface area contributed by atoms with Gasteiger partial charge in [0.25, 0.3) is 5.69 Å². The highest BCUT2D eigenvalue weighted by atomic mass is 16.6.